The first-order chi connectivity index (χ1) is 13.5. The molecule has 3 saturated heterocycles. The number of carbonyl (C=O) groups excluding carboxylic acids is 3. The first-order valence-electron chi connectivity index (χ1n) is 10.1. The van der Waals surface area contributed by atoms with Gasteiger partial charge in [-0.3, -0.25) is 14.4 Å². The molecular formula is C21H27N3O4. The van der Waals surface area contributed by atoms with Gasteiger partial charge >= 0.3 is 0 Å². The van der Waals surface area contributed by atoms with E-state index in [1.807, 2.05) is 31.2 Å². The zero-order chi connectivity index (χ0) is 19.7. The highest BCUT2D eigenvalue weighted by molar-refractivity contribution is 6.00. The van der Waals surface area contributed by atoms with Crippen molar-refractivity contribution < 1.29 is 19.1 Å². The van der Waals surface area contributed by atoms with Crippen LogP contribution in [0.25, 0.3) is 0 Å². The van der Waals surface area contributed by atoms with Crippen molar-refractivity contribution in [1.82, 2.24) is 9.80 Å². The average Bonchev–Trinajstić information content (AvgIpc) is 3.38. The van der Waals surface area contributed by atoms with E-state index in [-0.39, 0.29) is 36.2 Å². The summed E-state index contributed by atoms with van der Waals surface area (Å²) in [6.45, 7) is 5.20. The predicted octanol–water partition coefficient (Wildman–Crippen LogP) is 1.20. The molecule has 28 heavy (non-hydrogen) atoms. The van der Waals surface area contributed by atoms with E-state index >= 15 is 0 Å². The number of nitrogens with zero attached hydrogens (tertiary/aromatic N) is 3. The van der Waals surface area contributed by atoms with Gasteiger partial charge in [0.1, 0.15) is 6.10 Å². The fourth-order valence-corrected chi connectivity index (χ4v) is 4.23. The fourth-order valence-electron chi connectivity index (χ4n) is 4.23. The largest absolute Gasteiger partial charge is 0.368 e. The second-order valence-electron chi connectivity index (χ2n) is 7.89. The first kappa shape index (κ1) is 18.9. The molecule has 2 atom stereocenters. The predicted molar refractivity (Wildman–Crippen MR) is 104 cm³/mol. The van der Waals surface area contributed by atoms with Crippen molar-refractivity contribution in [3.8, 4) is 0 Å². The molecule has 0 aromatic heterocycles. The maximum absolute atomic E-state index is 12.9. The summed E-state index contributed by atoms with van der Waals surface area (Å²) in [5.74, 6) is -0.248. The van der Waals surface area contributed by atoms with Gasteiger partial charge in [-0.2, -0.15) is 0 Å². The van der Waals surface area contributed by atoms with Gasteiger partial charge in [-0.1, -0.05) is 17.7 Å². The van der Waals surface area contributed by atoms with Crippen molar-refractivity contribution in [3.05, 3.63) is 29.8 Å². The molecule has 150 valence electrons. The molecule has 3 amide bonds. The lowest BCUT2D eigenvalue weighted by molar-refractivity contribution is -0.147. The van der Waals surface area contributed by atoms with Gasteiger partial charge in [-0.05, 0) is 31.9 Å². The molecule has 7 heteroatoms. The summed E-state index contributed by atoms with van der Waals surface area (Å²) in [5.41, 5.74) is 1.98. The van der Waals surface area contributed by atoms with Gasteiger partial charge in [-0.25, -0.2) is 0 Å². The van der Waals surface area contributed by atoms with Crippen molar-refractivity contribution in [1.29, 1.82) is 0 Å². The number of aryl methyl sites for hydroxylation is 1. The zero-order valence-electron chi connectivity index (χ0n) is 16.3. The molecule has 4 rings (SSSR count). The molecule has 3 heterocycles. The summed E-state index contributed by atoms with van der Waals surface area (Å²) in [4.78, 5) is 43.1. The first-order valence-corrected chi connectivity index (χ1v) is 10.1. The SMILES string of the molecule is Cc1ccc(N2CC(C(=O)N3CCN(C(=O)C4CCCO4)CC3)CC2=O)cc1. The third-order valence-corrected chi connectivity index (χ3v) is 5.93. The summed E-state index contributed by atoms with van der Waals surface area (Å²) in [7, 11) is 0. The Bertz CT molecular complexity index is 749. The van der Waals surface area contributed by atoms with Crippen molar-refractivity contribution in [2.24, 2.45) is 5.92 Å². The molecule has 1 aromatic carbocycles. The van der Waals surface area contributed by atoms with E-state index in [0.717, 1.165) is 24.1 Å². The van der Waals surface area contributed by atoms with Crippen molar-refractivity contribution >= 4 is 23.4 Å². The number of carbonyl (C=O) groups is 3. The van der Waals surface area contributed by atoms with E-state index < -0.39 is 0 Å². The van der Waals surface area contributed by atoms with Gasteiger partial charge in [0, 0.05) is 51.4 Å². The Morgan fingerprint density at radius 3 is 2.25 bits per heavy atom. The van der Waals surface area contributed by atoms with Crippen LogP contribution in [-0.4, -0.2) is 73.0 Å². The standard InChI is InChI=1S/C21H27N3O4/c1-15-4-6-17(7-5-15)24-14-16(13-19(24)25)20(26)22-8-10-23(11-9-22)21(27)18-3-2-12-28-18/h4-7,16,18H,2-3,8-14H2,1H3. The summed E-state index contributed by atoms with van der Waals surface area (Å²) in [5, 5.41) is 0. The Morgan fingerprint density at radius 2 is 1.64 bits per heavy atom. The number of hydrogen-bond acceptors (Lipinski definition) is 4. The Balaban J connectivity index is 1.32. The Hall–Kier alpha value is -2.41. The van der Waals surface area contributed by atoms with Crippen LogP contribution in [0.5, 0.6) is 0 Å². The van der Waals surface area contributed by atoms with Gasteiger partial charge in [0.05, 0.1) is 5.92 Å². The summed E-state index contributed by atoms with van der Waals surface area (Å²) >= 11 is 0. The van der Waals surface area contributed by atoms with E-state index in [1.165, 1.54) is 0 Å². The van der Waals surface area contributed by atoms with Gasteiger partial charge < -0.3 is 19.4 Å². The minimum absolute atomic E-state index is 0.00519. The molecule has 2 unspecified atom stereocenters. The van der Waals surface area contributed by atoms with Crippen LogP contribution in [0, 0.1) is 12.8 Å². The maximum Gasteiger partial charge on any atom is 0.251 e. The van der Waals surface area contributed by atoms with E-state index in [0.29, 0.717) is 39.3 Å². The zero-order valence-corrected chi connectivity index (χ0v) is 16.3. The number of hydrogen-bond donors (Lipinski definition) is 0. The highest BCUT2D eigenvalue weighted by Crippen LogP contribution is 2.27. The quantitative estimate of drug-likeness (QED) is 0.784. The Morgan fingerprint density at radius 1 is 1.00 bits per heavy atom. The summed E-state index contributed by atoms with van der Waals surface area (Å²) in [6.07, 6.45) is 1.67. The van der Waals surface area contributed by atoms with Crippen LogP contribution in [0.3, 0.4) is 0 Å². The minimum Gasteiger partial charge on any atom is -0.368 e. The van der Waals surface area contributed by atoms with Gasteiger partial charge in [-0.15, -0.1) is 0 Å². The molecule has 0 N–H and O–H groups in total. The van der Waals surface area contributed by atoms with Crippen LogP contribution in [0.2, 0.25) is 0 Å². The summed E-state index contributed by atoms with van der Waals surface area (Å²) in [6, 6.07) is 7.80. The van der Waals surface area contributed by atoms with Crippen LogP contribution in [0.15, 0.2) is 24.3 Å². The van der Waals surface area contributed by atoms with E-state index in [4.69, 9.17) is 4.74 Å². The molecule has 3 aliphatic rings. The second-order valence-corrected chi connectivity index (χ2v) is 7.89. The normalized spacial score (nSPS) is 25.5. The molecule has 0 radical (unpaired) electrons. The molecule has 0 saturated carbocycles. The van der Waals surface area contributed by atoms with E-state index in [9.17, 15) is 14.4 Å². The second kappa shape index (κ2) is 7.91. The Labute approximate surface area is 165 Å². The number of rotatable bonds is 3. The molecular weight excluding hydrogens is 358 g/mol. The van der Waals surface area contributed by atoms with Crippen LogP contribution in [-0.2, 0) is 19.1 Å². The molecule has 7 nitrogen and oxygen atoms in total. The lowest BCUT2D eigenvalue weighted by Gasteiger charge is -2.36. The number of ether oxygens (including phenoxy) is 1. The molecule has 3 aliphatic heterocycles. The van der Waals surface area contributed by atoms with Crippen molar-refractivity contribution in [3.63, 3.8) is 0 Å². The molecule has 3 fully saturated rings. The van der Waals surface area contributed by atoms with Crippen LogP contribution in [0.4, 0.5) is 5.69 Å². The highest BCUT2D eigenvalue weighted by Gasteiger charge is 2.39. The smallest absolute Gasteiger partial charge is 0.251 e. The maximum atomic E-state index is 12.9. The third-order valence-electron chi connectivity index (χ3n) is 5.93. The minimum atomic E-state index is -0.311. The number of amides is 3. The molecule has 0 spiro atoms. The Kier molecular flexibility index (Phi) is 5.35. The number of piperazine rings is 1. The van der Waals surface area contributed by atoms with Crippen LogP contribution >= 0.6 is 0 Å². The van der Waals surface area contributed by atoms with E-state index in [1.54, 1.807) is 14.7 Å². The van der Waals surface area contributed by atoms with Gasteiger partial charge in [0.2, 0.25) is 11.8 Å². The molecule has 1 aromatic rings. The third kappa shape index (κ3) is 3.76. The molecule has 0 bridgehead atoms. The van der Waals surface area contributed by atoms with E-state index in [2.05, 4.69) is 0 Å². The van der Waals surface area contributed by atoms with Gasteiger partial charge in [0.25, 0.3) is 5.91 Å². The van der Waals surface area contributed by atoms with Crippen molar-refractivity contribution in [2.45, 2.75) is 32.3 Å². The highest BCUT2D eigenvalue weighted by atomic mass is 16.5. The van der Waals surface area contributed by atoms with Crippen LogP contribution < -0.4 is 4.90 Å². The number of anilines is 1. The average molecular weight is 385 g/mol. The van der Waals surface area contributed by atoms with Crippen LogP contribution in [0.1, 0.15) is 24.8 Å². The lowest BCUT2D eigenvalue weighted by atomic mass is 10.1. The monoisotopic (exact) mass is 385 g/mol. The molecule has 0 aliphatic carbocycles. The summed E-state index contributed by atoms with van der Waals surface area (Å²) < 4.78 is 5.48. The number of benzene rings is 1. The van der Waals surface area contributed by atoms with Gasteiger partial charge in [0.15, 0.2) is 0 Å². The van der Waals surface area contributed by atoms with Crippen molar-refractivity contribution in [2.75, 3.05) is 44.2 Å². The topological polar surface area (TPSA) is 70.2 Å². The fraction of sp³-hybridized carbons (Fsp3) is 0.571. The lowest BCUT2D eigenvalue weighted by Crippen LogP contribution is -2.54.